The predicted molar refractivity (Wildman–Crippen MR) is 78.2 cm³/mol. The van der Waals surface area contributed by atoms with E-state index in [9.17, 15) is 0 Å². The number of rotatable bonds is 3. The van der Waals surface area contributed by atoms with E-state index in [1.54, 1.807) is 0 Å². The van der Waals surface area contributed by atoms with Gasteiger partial charge in [0.2, 0.25) is 0 Å². The Bertz CT molecular complexity index is 439. The van der Waals surface area contributed by atoms with Crippen molar-refractivity contribution in [2.45, 2.75) is 25.9 Å². The zero-order valence-corrected chi connectivity index (χ0v) is 11.8. The topological polar surface area (TPSA) is 38.5 Å². The maximum absolute atomic E-state index is 6.08. The van der Waals surface area contributed by atoms with Crippen molar-refractivity contribution in [3.8, 4) is 5.75 Å². The number of piperidine rings is 1. The molecule has 0 aromatic heterocycles. The summed E-state index contributed by atoms with van der Waals surface area (Å²) in [7, 11) is 2.14. The van der Waals surface area contributed by atoms with E-state index in [1.807, 2.05) is 25.1 Å². The summed E-state index contributed by atoms with van der Waals surface area (Å²) in [5.74, 6) is 0.831. The first-order chi connectivity index (χ1) is 8.56. The molecule has 1 heterocycles. The number of nitrogens with two attached hydrogens (primary N) is 1. The normalized spacial score (nSPS) is 17.7. The van der Waals surface area contributed by atoms with Crippen molar-refractivity contribution in [2.24, 2.45) is 5.73 Å². The number of benzene rings is 1. The number of thiocarbonyl (C=S) groups is 1. The van der Waals surface area contributed by atoms with Crippen LogP contribution in [0.4, 0.5) is 0 Å². The van der Waals surface area contributed by atoms with Gasteiger partial charge in [-0.25, -0.2) is 0 Å². The second-order valence-corrected chi connectivity index (χ2v) is 5.42. The van der Waals surface area contributed by atoms with Crippen LogP contribution in [0.1, 0.15) is 24.0 Å². The van der Waals surface area contributed by atoms with Crippen LogP contribution in [0.2, 0.25) is 0 Å². The summed E-state index contributed by atoms with van der Waals surface area (Å²) in [6.45, 7) is 4.21. The van der Waals surface area contributed by atoms with E-state index >= 15 is 0 Å². The predicted octanol–water partition coefficient (Wildman–Crippen LogP) is 2.10. The van der Waals surface area contributed by atoms with Gasteiger partial charge in [-0.3, -0.25) is 0 Å². The quantitative estimate of drug-likeness (QED) is 0.849. The Labute approximate surface area is 114 Å². The fraction of sp³-hybridized carbons (Fsp3) is 0.500. The molecule has 0 radical (unpaired) electrons. The molecule has 0 bridgehead atoms. The number of likely N-dealkylation sites (tertiary alicyclic amines) is 1. The van der Waals surface area contributed by atoms with Gasteiger partial charge in [0.05, 0.1) is 5.56 Å². The average molecular weight is 264 g/mol. The second-order valence-electron chi connectivity index (χ2n) is 4.98. The molecule has 0 aliphatic carbocycles. The Morgan fingerprint density at radius 3 is 2.67 bits per heavy atom. The van der Waals surface area contributed by atoms with Crippen molar-refractivity contribution in [1.82, 2.24) is 4.90 Å². The van der Waals surface area contributed by atoms with E-state index in [2.05, 4.69) is 11.9 Å². The van der Waals surface area contributed by atoms with Gasteiger partial charge in [0, 0.05) is 13.1 Å². The Balaban J connectivity index is 2.12. The lowest BCUT2D eigenvalue weighted by Gasteiger charge is -2.30. The molecule has 1 aromatic carbocycles. The lowest BCUT2D eigenvalue weighted by atomic mass is 10.1. The number of hydrogen-bond acceptors (Lipinski definition) is 3. The van der Waals surface area contributed by atoms with Gasteiger partial charge < -0.3 is 15.4 Å². The second kappa shape index (κ2) is 5.67. The molecule has 1 saturated heterocycles. The largest absolute Gasteiger partial charge is 0.490 e. The molecule has 1 aromatic rings. The van der Waals surface area contributed by atoms with E-state index in [-0.39, 0.29) is 6.10 Å². The first-order valence-corrected chi connectivity index (χ1v) is 6.73. The lowest BCUT2D eigenvalue weighted by Crippen LogP contribution is -2.36. The van der Waals surface area contributed by atoms with Gasteiger partial charge in [-0.15, -0.1) is 0 Å². The summed E-state index contributed by atoms with van der Waals surface area (Å²) >= 11 is 5.07. The third kappa shape index (κ3) is 3.21. The zero-order chi connectivity index (χ0) is 13.1. The fourth-order valence-electron chi connectivity index (χ4n) is 2.21. The van der Waals surface area contributed by atoms with E-state index < -0.39 is 0 Å². The summed E-state index contributed by atoms with van der Waals surface area (Å²) in [5, 5.41) is 0. The van der Waals surface area contributed by atoms with Crippen LogP contribution in [0.15, 0.2) is 18.2 Å². The summed E-state index contributed by atoms with van der Waals surface area (Å²) < 4.78 is 6.08. The minimum atomic E-state index is 0.274. The fourth-order valence-corrected chi connectivity index (χ4v) is 2.38. The Morgan fingerprint density at radius 1 is 1.39 bits per heavy atom. The third-order valence-corrected chi connectivity index (χ3v) is 3.58. The summed E-state index contributed by atoms with van der Waals surface area (Å²) in [4.78, 5) is 2.72. The molecule has 0 spiro atoms. The molecule has 4 heteroatoms. The molecule has 0 unspecified atom stereocenters. The highest BCUT2D eigenvalue weighted by Gasteiger charge is 2.19. The minimum absolute atomic E-state index is 0.274. The van der Waals surface area contributed by atoms with Crippen molar-refractivity contribution in [3.05, 3.63) is 29.3 Å². The van der Waals surface area contributed by atoms with Crippen LogP contribution in [0, 0.1) is 6.92 Å². The molecule has 0 saturated carbocycles. The van der Waals surface area contributed by atoms with Crippen molar-refractivity contribution in [1.29, 1.82) is 0 Å². The lowest BCUT2D eigenvalue weighted by molar-refractivity contribution is 0.114. The van der Waals surface area contributed by atoms with Crippen molar-refractivity contribution in [2.75, 3.05) is 20.1 Å². The Hall–Kier alpha value is -1.13. The van der Waals surface area contributed by atoms with Gasteiger partial charge in [0.1, 0.15) is 16.8 Å². The van der Waals surface area contributed by atoms with Gasteiger partial charge >= 0.3 is 0 Å². The first kappa shape index (κ1) is 13.3. The van der Waals surface area contributed by atoms with Crippen molar-refractivity contribution in [3.63, 3.8) is 0 Å². The highest BCUT2D eigenvalue weighted by atomic mass is 32.1. The van der Waals surface area contributed by atoms with E-state index in [0.717, 1.165) is 42.8 Å². The maximum atomic E-state index is 6.08. The standard InChI is InChI=1S/C14H20N2OS/c1-10-3-4-12(14(15)18)13(9-10)17-11-5-7-16(2)8-6-11/h3-4,9,11H,5-8H2,1-2H3,(H2,15,18). The molecular formula is C14H20N2OS. The summed E-state index contributed by atoms with van der Waals surface area (Å²) in [6.07, 6.45) is 2.39. The zero-order valence-electron chi connectivity index (χ0n) is 11.0. The third-order valence-electron chi connectivity index (χ3n) is 3.36. The van der Waals surface area contributed by atoms with Crippen LogP contribution < -0.4 is 10.5 Å². The molecule has 0 atom stereocenters. The van der Waals surface area contributed by atoms with Gasteiger partial charge in [0.15, 0.2) is 0 Å². The van der Waals surface area contributed by atoms with Crippen LogP contribution in [0.3, 0.4) is 0 Å². The molecule has 2 rings (SSSR count). The Kier molecular flexibility index (Phi) is 4.19. The van der Waals surface area contributed by atoms with Crippen LogP contribution in [0.5, 0.6) is 5.75 Å². The van der Waals surface area contributed by atoms with Gasteiger partial charge in [0.25, 0.3) is 0 Å². The highest BCUT2D eigenvalue weighted by molar-refractivity contribution is 7.80. The van der Waals surface area contributed by atoms with E-state index in [1.165, 1.54) is 0 Å². The minimum Gasteiger partial charge on any atom is -0.490 e. The number of aryl methyl sites for hydroxylation is 1. The molecule has 3 nitrogen and oxygen atoms in total. The molecule has 98 valence electrons. The number of hydrogen-bond donors (Lipinski definition) is 1. The Morgan fingerprint density at radius 2 is 2.06 bits per heavy atom. The maximum Gasteiger partial charge on any atom is 0.130 e. The van der Waals surface area contributed by atoms with Crippen LogP contribution in [-0.2, 0) is 0 Å². The molecule has 2 N–H and O–H groups in total. The molecule has 1 aliphatic rings. The molecule has 0 amide bonds. The number of nitrogens with zero attached hydrogens (tertiary/aromatic N) is 1. The van der Waals surface area contributed by atoms with Crippen LogP contribution in [0.25, 0.3) is 0 Å². The summed E-state index contributed by atoms with van der Waals surface area (Å²) in [5.41, 5.74) is 7.74. The van der Waals surface area contributed by atoms with Crippen LogP contribution >= 0.6 is 12.2 Å². The summed E-state index contributed by atoms with van der Waals surface area (Å²) in [6, 6.07) is 5.98. The highest BCUT2D eigenvalue weighted by Crippen LogP contribution is 2.24. The van der Waals surface area contributed by atoms with Gasteiger partial charge in [-0.1, -0.05) is 18.3 Å². The SMILES string of the molecule is Cc1ccc(C(N)=S)c(OC2CCN(C)CC2)c1. The van der Waals surface area contributed by atoms with E-state index in [0.29, 0.717) is 4.99 Å². The van der Waals surface area contributed by atoms with E-state index in [4.69, 9.17) is 22.7 Å². The first-order valence-electron chi connectivity index (χ1n) is 6.32. The molecular weight excluding hydrogens is 244 g/mol. The van der Waals surface area contributed by atoms with Gasteiger partial charge in [-0.2, -0.15) is 0 Å². The molecule has 18 heavy (non-hydrogen) atoms. The average Bonchev–Trinajstić information content (AvgIpc) is 2.32. The molecule has 1 fully saturated rings. The molecule has 1 aliphatic heterocycles. The smallest absolute Gasteiger partial charge is 0.130 e. The van der Waals surface area contributed by atoms with Gasteiger partial charge in [-0.05, 0) is 44.5 Å². The monoisotopic (exact) mass is 264 g/mol. The van der Waals surface area contributed by atoms with Crippen LogP contribution in [-0.4, -0.2) is 36.1 Å². The van der Waals surface area contributed by atoms with Crippen molar-refractivity contribution < 1.29 is 4.74 Å². The number of ether oxygens (including phenoxy) is 1. The van der Waals surface area contributed by atoms with Crippen molar-refractivity contribution >= 4 is 17.2 Å².